The van der Waals surface area contributed by atoms with Crippen molar-refractivity contribution in [2.75, 3.05) is 5.32 Å². The van der Waals surface area contributed by atoms with Crippen LogP contribution < -0.4 is 5.32 Å². The van der Waals surface area contributed by atoms with E-state index in [9.17, 15) is 26.7 Å². The molecule has 1 unspecified atom stereocenters. The molecule has 0 radical (unpaired) electrons. The molecule has 176 valence electrons. The molecule has 3 aromatic carbocycles. The number of aromatic nitrogens is 1. The summed E-state index contributed by atoms with van der Waals surface area (Å²) in [6.07, 6.45) is 0.959. The molecular formula is C25H19F5N2O2. The number of rotatable bonds is 5. The van der Waals surface area contributed by atoms with Crippen molar-refractivity contribution in [3.8, 4) is 11.5 Å². The van der Waals surface area contributed by atoms with Crippen LogP contribution in [0.5, 0.6) is 0 Å². The molecule has 1 atom stereocenters. The van der Waals surface area contributed by atoms with Gasteiger partial charge in [0.05, 0.1) is 0 Å². The normalized spacial score (nSPS) is 12.2. The van der Waals surface area contributed by atoms with Gasteiger partial charge in [0.1, 0.15) is 11.1 Å². The lowest BCUT2D eigenvalue weighted by Crippen LogP contribution is -2.19. The summed E-state index contributed by atoms with van der Waals surface area (Å²) in [4.78, 5) is 16.9. The van der Waals surface area contributed by atoms with E-state index in [0.29, 0.717) is 28.1 Å². The third-order valence-electron chi connectivity index (χ3n) is 5.76. The zero-order valence-electron chi connectivity index (χ0n) is 18.4. The first-order valence-electron chi connectivity index (χ1n) is 10.5. The molecule has 0 fully saturated rings. The van der Waals surface area contributed by atoms with Crippen LogP contribution in [0.4, 0.5) is 27.6 Å². The van der Waals surface area contributed by atoms with Crippen molar-refractivity contribution >= 4 is 22.7 Å². The predicted molar refractivity (Wildman–Crippen MR) is 117 cm³/mol. The Hall–Kier alpha value is -3.75. The van der Waals surface area contributed by atoms with Gasteiger partial charge in [-0.15, -0.1) is 0 Å². The summed E-state index contributed by atoms with van der Waals surface area (Å²) in [5.41, 5.74) is 1.75. The number of fused-ring (bicyclic) bond motifs is 1. The van der Waals surface area contributed by atoms with Crippen molar-refractivity contribution in [2.45, 2.75) is 33.1 Å². The monoisotopic (exact) mass is 474 g/mol. The molecule has 9 heteroatoms. The van der Waals surface area contributed by atoms with E-state index in [4.69, 9.17) is 4.42 Å². The molecule has 0 spiro atoms. The van der Waals surface area contributed by atoms with Crippen LogP contribution in [-0.2, 0) is 0 Å². The van der Waals surface area contributed by atoms with E-state index in [1.807, 2.05) is 18.2 Å². The van der Waals surface area contributed by atoms with E-state index in [1.165, 1.54) is 6.07 Å². The van der Waals surface area contributed by atoms with Crippen LogP contribution in [0.25, 0.3) is 22.6 Å². The van der Waals surface area contributed by atoms with Crippen molar-refractivity contribution in [1.29, 1.82) is 0 Å². The highest BCUT2D eigenvalue weighted by Gasteiger charge is 2.30. The Morgan fingerprint density at radius 2 is 1.62 bits per heavy atom. The molecule has 1 amide bonds. The highest BCUT2D eigenvalue weighted by atomic mass is 19.2. The Labute approximate surface area is 191 Å². The minimum Gasteiger partial charge on any atom is -0.436 e. The van der Waals surface area contributed by atoms with Crippen molar-refractivity contribution in [1.82, 2.24) is 4.98 Å². The number of anilines is 1. The molecule has 0 aliphatic heterocycles. The van der Waals surface area contributed by atoms with Crippen molar-refractivity contribution in [2.24, 2.45) is 0 Å². The van der Waals surface area contributed by atoms with Gasteiger partial charge in [-0.2, -0.15) is 0 Å². The number of nitrogens with zero attached hydrogens (tertiary/aromatic N) is 1. The number of aryl methyl sites for hydroxylation is 1. The Kier molecular flexibility index (Phi) is 6.12. The third-order valence-corrected chi connectivity index (χ3v) is 5.76. The van der Waals surface area contributed by atoms with Gasteiger partial charge in [0.15, 0.2) is 28.9 Å². The van der Waals surface area contributed by atoms with Gasteiger partial charge in [0.25, 0.3) is 5.91 Å². The molecule has 0 aliphatic carbocycles. The molecule has 1 heterocycles. The lowest BCUT2D eigenvalue weighted by molar-refractivity contribution is 0.101. The van der Waals surface area contributed by atoms with Crippen molar-refractivity contribution in [3.63, 3.8) is 0 Å². The van der Waals surface area contributed by atoms with Gasteiger partial charge in [-0.25, -0.2) is 26.9 Å². The van der Waals surface area contributed by atoms with Crippen LogP contribution in [0.3, 0.4) is 0 Å². The Morgan fingerprint density at radius 3 is 2.26 bits per heavy atom. The molecule has 4 rings (SSSR count). The summed E-state index contributed by atoms with van der Waals surface area (Å²) < 4.78 is 74.2. The maximum absolute atomic E-state index is 14.0. The van der Waals surface area contributed by atoms with E-state index in [-0.39, 0.29) is 11.6 Å². The number of nitrogens with one attached hydrogen (secondary N) is 1. The Morgan fingerprint density at radius 1 is 0.971 bits per heavy atom. The number of oxazole rings is 1. The van der Waals surface area contributed by atoms with E-state index >= 15 is 0 Å². The Bertz CT molecular complexity index is 1400. The number of hydrogen-bond acceptors (Lipinski definition) is 3. The number of benzene rings is 3. The number of carbonyl (C=O) groups excluding carboxylic acids is 1. The van der Waals surface area contributed by atoms with Crippen LogP contribution >= 0.6 is 0 Å². The largest absolute Gasteiger partial charge is 0.436 e. The molecule has 4 nitrogen and oxygen atoms in total. The number of amides is 1. The summed E-state index contributed by atoms with van der Waals surface area (Å²) in [6, 6.07) is 10.4. The first-order chi connectivity index (χ1) is 16.1. The fourth-order valence-corrected chi connectivity index (χ4v) is 3.49. The summed E-state index contributed by atoms with van der Waals surface area (Å²) in [6.45, 7) is 5.78. The van der Waals surface area contributed by atoms with Gasteiger partial charge >= 0.3 is 0 Å². The van der Waals surface area contributed by atoms with Crippen molar-refractivity contribution in [3.05, 3.63) is 82.2 Å². The van der Waals surface area contributed by atoms with Gasteiger partial charge in [-0.1, -0.05) is 26.0 Å². The van der Waals surface area contributed by atoms with Gasteiger partial charge in [0.2, 0.25) is 11.7 Å². The summed E-state index contributed by atoms with van der Waals surface area (Å²) in [7, 11) is 0. The first-order valence-corrected chi connectivity index (χ1v) is 10.5. The average Bonchev–Trinajstić information content (AvgIpc) is 3.26. The first kappa shape index (κ1) is 23.4. The predicted octanol–water partition coefficient (Wildman–Crippen LogP) is 7.26. The maximum atomic E-state index is 14.0. The molecule has 0 bridgehead atoms. The molecule has 0 saturated heterocycles. The fourth-order valence-electron chi connectivity index (χ4n) is 3.49. The molecule has 1 N–H and O–H groups in total. The second-order valence-corrected chi connectivity index (χ2v) is 7.98. The Balaban J connectivity index is 1.69. The lowest BCUT2D eigenvalue weighted by atomic mass is 9.98. The quantitative estimate of drug-likeness (QED) is 0.188. The van der Waals surface area contributed by atoms with Crippen LogP contribution in [-0.4, -0.2) is 10.9 Å². The topological polar surface area (TPSA) is 55.1 Å². The number of carbonyl (C=O) groups is 1. The fraction of sp³-hybridized carbons (Fsp3) is 0.200. The van der Waals surface area contributed by atoms with Gasteiger partial charge in [-0.05, 0) is 54.7 Å². The van der Waals surface area contributed by atoms with E-state index in [2.05, 4.69) is 24.1 Å². The van der Waals surface area contributed by atoms with Crippen LogP contribution in [0.1, 0.15) is 47.7 Å². The second-order valence-electron chi connectivity index (χ2n) is 7.98. The smallest absolute Gasteiger partial charge is 0.261 e. The lowest BCUT2D eigenvalue weighted by Gasteiger charge is -2.12. The van der Waals surface area contributed by atoms with Gasteiger partial charge < -0.3 is 9.73 Å². The number of hydrogen-bond donors (Lipinski definition) is 1. The molecule has 34 heavy (non-hydrogen) atoms. The summed E-state index contributed by atoms with van der Waals surface area (Å²) >= 11 is 0. The molecule has 0 saturated carbocycles. The van der Waals surface area contributed by atoms with Crippen LogP contribution in [0.15, 0.2) is 40.8 Å². The molecule has 0 aliphatic rings. The van der Waals surface area contributed by atoms with E-state index in [0.717, 1.165) is 12.0 Å². The molecular weight excluding hydrogens is 455 g/mol. The summed E-state index contributed by atoms with van der Waals surface area (Å²) in [5.74, 6) is -12.1. The average molecular weight is 474 g/mol. The minimum absolute atomic E-state index is 0.0917. The zero-order valence-corrected chi connectivity index (χ0v) is 18.4. The number of halogens is 5. The SMILES string of the molecule is CCC(C)c1ccc2oc(-c3ccc(C)c(NC(=O)c4c(F)c(F)c(F)c(F)c4F)c3)nc2c1. The highest BCUT2D eigenvalue weighted by molar-refractivity contribution is 6.05. The van der Waals surface area contributed by atoms with Gasteiger partial charge in [0, 0.05) is 11.3 Å². The highest BCUT2D eigenvalue weighted by Crippen LogP contribution is 2.31. The van der Waals surface area contributed by atoms with E-state index in [1.54, 1.807) is 19.1 Å². The van der Waals surface area contributed by atoms with E-state index < -0.39 is 40.6 Å². The second kappa shape index (κ2) is 8.89. The maximum Gasteiger partial charge on any atom is 0.261 e. The third kappa shape index (κ3) is 4.02. The summed E-state index contributed by atoms with van der Waals surface area (Å²) in [5, 5.41) is 2.21. The standard InChI is InChI=1S/C25H19F5N2O2/c1-4-11(2)13-7-8-17-16(9-13)32-25(34-17)14-6-5-12(3)15(10-14)31-24(33)18-19(26)21(28)23(30)22(29)20(18)27/h5-11H,4H2,1-3H3,(H,31,33). The molecule has 1 aromatic heterocycles. The minimum atomic E-state index is -2.34. The van der Waals surface area contributed by atoms with Crippen LogP contribution in [0.2, 0.25) is 0 Å². The van der Waals surface area contributed by atoms with Crippen LogP contribution in [0, 0.1) is 36.0 Å². The zero-order chi connectivity index (χ0) is 24.7. The van der Waals surface area contributed by atoms with Crippen molar-refractivity contribution < 1.29 is 31.2 Å². The molecule has 4 aromatic rings. The van der Waals surface area contributed by atoms with Gasteiger partial charge in [-0.3, -0.25) is 4.79 Å².